The summed E-state index contributed by atoms with van der Waals surface area (Å²) in [7, 11) is 1.65. The number of nitrogens with zero attached hydrogens (tertiary/aromatic N) is 1. The van der Waals surface area contributed by atoms with Gasteiger partial charge in [-0.2, -0.15) is 0 Å². The van der Waals surface area contributed by atoms with Gasteiger partial charge < -0.3 is 9.84 Å². The second-order valence-corrected chi connectivity index (χ2v) is 3.53. The van der Waals surface area contributed by atoms with Gasteiger partial charge in [-0.25, -0.2) is 0 Å². The predicted molar refractivity (Wildman–Crippen MR) is 55.5 cm³/mol. The Balaban J connectivity index is 2.71. The number of methoxy groups -OCH3 is 1. The molecule has 0 spiro atoms. The highest BCUT2D eigenvalue weighted by atomic mass is 16.5. The van der Waals surface area contributed by atoms with Crippen molar-refractivity contribution in [3.05, 3.63) is 23.5 Å². The van der Waals surface area contributed by atoms with E-state index in [9.17, 15) is 0 Å². The van der Waals surface area contributed by atoms with Gasteiger partial charge in [-0.1, -0.05) is 0 Å². The lowest BCUT2D eigenvalue weighted by Crippen LogP contribution is -2.03. The molecule has 1 rings (SSSR count). The number of rotatable bonds is 4. The first-order valence-corrected chi connectivity index (χ1v) is 4.81. The van der Waals surface area contributed by atoms with Gasteiger partial charge in [-0.3, -0.25) is 4.98 Å². The Bertz CT molecular complexity index is 297. The van der Waals surface area contributed by atoms with Crippen molar-refractivity contribution in [1.82, 2.24) is 4.98 Å². The molecule has 1 atom stereocenters. The molecule has 3 nitrogen and oxygen atoms in total. The van der Waals surface area contributed by atoms with Crippen molar-refractivity contribution < 1.29 is 9.84 Å². The predicted octanol–water partition coefficient (Wildman–Crippen LogP) is 1.71. The largest absolute Gasteiger partial charge is 0.497 e. The number of hydrogen-bond acceptors (Lipinski definition) is 3. The van der Waals surface area contributed by atoms with Gasteiger partial charge in [-0.15, -0.1) is 0 Å². The Labute approximate surface area is 84.7 Å². The smallest absolute Gasteiger partial charge is 0.122 e. The van der Waals surface area contributed by atoms with Crippen molar-refractivity contribution in [2.75, 3.05) is 7.11 Å². The summed E-state index contributed by atoms with van der Waals surface area (Å²) in [4.78, 5) is 4.36. The van der Waals surface area contributed by atoms with E-state index in [4.69, 9.17) is 9.84 Å². The summed E-state index contributed by atoms with van der Waals surface area (Å²) < 4.78 is 5.14. The lowest BCUT2D eigenvalue weighted by atomic mass is 10.1. The monoisotopic (exact) mass is 195 g/mol. The minimum Gasteiger partial charge on any atom is -0.497 e. The molecular formula is C11H17NO2. The molecule has 1 unspecified atom stereocenters. The van der Waals surface area contributed by atoms with E-state index in [-0.39, 0.29) is 6.10 Å². The van der Waals surface area contributed by atoms with E-state index in [0.29, 0.717) is 0 Å². The number of ether oxygens (including phenoxy) is 1. The first kappa shape index (κ1) is 11.0. The second kappa shape index (κ2) is 4.96. The minimum absolute atomic E-state index is 0.275. The Morgan fingerprint density at radius 2 is 2.21 bits per heavy atom. The molecule has 0 aliphatic heterocycles. The maximum absolute atomic E-state index is 9.15. The molecule has 0 saturated carbocycles. The van der Waals surface area contributed by atoms with Crippen molar-refractivity contribution in [3.8, 4) is 5.75 Å². The van der Waals surface area contributed by atoms with Gasteiger partial charge >= 0.3 is 0 Å². The Morgan fingerprint density at radius 1 is 1.50 bits per heavy atom. The number of aromatic nitrogens is 1. The molecule has 0 fully saturated rings. The average molecular weight is 195 g/mol. The number of aryl methyl sites for hydroxylation is 2. The van der Waals surface area contributed by atoms with Crippen LogP contribution in [0.2, 0.25) is 0 Å². The summed E-state index contributed by atoms with van der Waals surface area (Å²) in [6, 6.07) is 3.81. The van der Waals surface area contributed by atoms with Gasteiger partial charge in [0.1, 0.15) is 5.75 Å². The molecule has 1 aromatic rings. The van der Waals surface area contributed by atoms with E-state index < -0.39 is 0 Å². The van der Waals surface area contributed by atoms with Gasteiger partial charge in [0, 0.05) is 23.5 Å². The molecule has 1 heterocycles. The highest BCUT2D eigenvalue weighted by molar-refractivity contribution is 5.26. The van der Waals surface area contributed by atoms with Crippen LogP contribution in [0, 0.1) is 6.92 Å². The molecule has 0 bridgehead atoms. The molecule has 0 aliphatic rings. The van der Waals surface area contributed by atoms with Crippen LogP contribution < -0.4 is 4.74 Å². The Morgan fingerprint density at radius 3 is 2.79 bits per heavy atom. The third-order valence-electron chi connectivity index (χ3n) is 2.03. The summed E-state index contributed by atoms with van der Waals surface area (Å²) in [5.74, 6) is 0.832. The molecule has 78 valence electrons. The van der Waals surface area contributed by atoms with E-state index in [1.807, 2.05) is 19.1 Å². The maximum atomic E-state index is 9.15. The topological polar surface area (TPSA) is 42.4 Å². The second-order valence-electron chi connectivity index (χ2n) is 3.53. The SMILES string of the molecule is COc1cc(C)nc(CCC(C)O)c1. The Kier molecular flexibility index (Phi) is 3.89. The van der Waals surface area contributed by atoms with Crippen molar-refractivity contribution in [1.29, 1.82) is 0 Å². The van der Waals surface area contributed by atoms with E-state index in [1.165, 1.54) is 0 Å². The van der Waals surface area contributed by atoms with Crippen LogP contribution in [0.25, 0.3) is 0 Å². The molecule has 0 amide bonds. The van der Waals surface area contributed by atoms with E-state index in [2.05, 4.69) is 4.98 Å². The molecule has 14 heavy (non-hydrogen) atoms. The third kappa shape index (κ3) is 3.34. The van der Waals surface area contributed by atoms with Crippen molar-refractivity contribution in [2.24, 2.45) is 0 Å². The molecule has 0 radical (unpaired) electrons. The molecule has 1 N–H and O–H groups in total. The van der Waals surface area contributed by atoms with Crippen molar-refractivity contribution in [3.63, 3.8) is 0 Å². The molecule has 0 aromatic carbocycles. The lowest BCUT2D eigenvalue weighted by Gasteiger charge is -2.07. The Hall–Kier alpha value is -1.09. The molecule has 3 heteroatoms. The molecule has 1 aromatic heterocycles. The summed E-state index contributed by atoms with van der Waals surface area (Å²) in [6.45, 7) is 3.72. The summed E-state index contributed by atoms with van der Waals surface area (Å²) in [6.07, 6.45) is 1.25. The zero-order chi connectivity index (χ0) is 10.6. The number of aliphatic hydroxyl groups is 1. The first-order valence-electron chi connectivity index (χ1n) is 4.81. The van der Waals surface area contributed by atoms with Gasteiger partial charge in [0.25, 0.3) is 0 Å². The highest BCUT2D eigenvalue weighted by Crippen LogP contribution is 2.14. The fraction of sp³-hybridized carbons (Fsp3) is 0.545. The molecule has 0 aliphatic carbocycles. The van der Waals surface area contributed by atoms with Crippen LogP contribution in [0.5, 0.6) is 5.75 Å². The summed E-state index contributed by atoms with van der Waals surface area (Å²) >= 11 is 0. The lowest BCUT2D eigenvalue weighted by molar-refractivity contribution is 0.184. The zero-order valence-corrected chi connectivity index (χ0v) is 8.95. The zero-order valence-electron chi connectivity index (χ0n) is 8.95. The standard InChI is InChI=1S/C11H17NO2/c1-8-6-11(14-3)7-10(12-8)5-4-9(2)13/h6-7,9,13H,4-5H2,1-3H3. The van der Waals surface area contributed by atoms with Crippen LogP contribution in [0.3, 0.4) is 0 Å². The number of hydrogen-bond donors (Lipinski definition) is 1. The van der Waals surface area contributed by atoms with Crippen molar-refractivity contribution in [2.45, 2.75) is 32.8 Å². The van der Waals surface area contributed by atoms with Gasteiger partial charge in [-0.05, 0) is 26.7 Å². The van der Waals surface area contributed by atoms with E-state index in [0.717, 1.165) is 30.0 Å². The van der Waals surface area contributed by atoms with Crippen LogP contribution in [0.4, 0.5) is 0 Å². The minimum atomic E-state index is -0.275. The van der Waals surface area contributed by atoms with Gasteiger partial charge in [0.2, 0.25) is 0 Å². The first-order chi connectivity index (χ1) is 6.61. The molecule has 0 saturated heterocycles. The third-order valence-corrected chi connectivity index (χ3v) is 2.03. The van der Waals surface area contributed by atoms with Gasteiger partial charge in [0.05, 0.1) is 13.2 Å². The van der Waals surface area contributed by atoms with E-state index in [1.54, 1.807) is 14.0 Å². The maximum Gasteiger partial charge on any atom is 0.122 e. The fourth-order valence-electron chi connectivity index (χ4n) is 1.31. The van der Waals surface area contributed by atoms with Crippen LogP contribution in [-0.2, 0) is 6.42 Å². The quantitative estimate of drug-likeness (QED) is 0.795. The molecular weight excluding hydrogens is 178 g/mol. The highest BCUT2D eigenvalue weighted by Gasteiger charge is 2.02. The number of pyridine rings is 1. The van der Waals surface area contributed by atoms with Crippen molar-refractivity contribution >= 4 is 0 Å². The van der Waals surface area contributed by atoms with E-state index >= 15 is 0 Å². The number of aliphatic hydroxyl groups excluding tert-OH is 1. The normalized spacial score (nSPS) is 12.6. The van der Waals surface area contributed by atoms with Crippen LogP contribution in [0.1, 0.15) is 24.7 Å². The fourth-order valence-corrected chi connectivity index (χ4v) is 1.31. The summed E-state index contributed by atoms with van der Waals surface area (Å²) in [5.41, 5.74) is 1.92. The van der Waals surface area contributed by atoms with Crippen LogP contribution in [0.15, 0.2) is 12.1 Å². The average Bonchev–Trinajstić information content (AvgIpc) is 2.14. The van der Waals surface area contributed by atoms with Crippen LogP contribution >= 0.6 is 0 Å². The summed E-state index contributed by atoms with van der Waals surface area (Å²) in [5, 5.41) is 9.15. The van der Waals surface area contributed by atoms with Crippen LogP contribution in [-0.4, -0.2) is 23.3 Å². The van der Waals surface area contributed by atoms with Gasteiger partial charge in [0.15, 0.2) is 0 Å².